The van der Waals surface area contributed by atoms with Crippen LogP contribution in [0.4, 0.5) is 0 Å². The molecule has 0 saturated heterocycles. The zero-order chi connectivity index (χ0) is 18.9. The molecule has 0 spiro atoms. The van der Waals surface area contributed by atoms with Gasteiger partial charge in [-0.15, -0.1) is 22.9 Å². The average Bonchev–Trinajstić information content (AvgIpc) is 3.15. The van der Waals surface area contributed by atoms with Gasteiger partial charge in [0.25, 0.3) is 0 Å². The maximum atomic E-state index is 12.9. The standard InChI is InChI=1S/C18H21ClN2O4S/c1-24-10-6-9-21(11-15-20-14(12-26-15)18(23)25-2)17(22)16(19)13-7-4-3-5-8-13/h3-5,7-8,12,16H,6,9-11H2,1-2H3. The number of hydrogen-bond acceptors (Lipinski definition) is 6. The number of esters is 1. The molecule has 6 nitrogen and oxygen atoms in total. The smallest absolute Gasteiger partial charge is 0.357 e. The number of hydrogen-bond donors (Lipinski definition) is 0. The first-order valence-electron chi connectivity index (χ1n) is 8.06. The maximum absolute atomic E-state index is 12.9. The molecule has 2 aromatic rings. The van der Waals surface area contributed by atoms with Gasteiger partial charge in [-0.25, -0.2) is 9.78 Å². The molecule has 140 valence electrons. The van der Waals surface area contributed by atoms with E-state index in [9.17, 15) is 9.59 Å². The number of halogens is 1. The molecule has 0 saturated carbocycles. The molecule has 1 unspecified atom stereocenters. The Morgan fingerprint density at radius 2 is 2.00 bits per heavy atom. The number of amides is 1. The molecule has 1 heterocycles. The predicted molar refractivity (Wildman–Crippen MR) is 100 cm³/mol. The van der Waals surface area contributed by atoms with Crippen molar-refractivity contribution in [3.63, 3.8) is 0 Å². The Bertz CT molecular complexity index is 723. The summed E-state index contributed by atoms with van der Waals surface area (Å²) in [6.45, 7) is 1.30. The van der Waals surface area contributed by atoms with E-state index in [4.69, 9.17) is 16.3 Å². The molecule has 0 aliphatic carbocycles. The van der Waals surface area contributed by atoms with Gasteiger partial charge in [0.2, 0.25) is 5.91 Å². The van der Waals surface area contributed by atoms with Crippen LogP contribution in [0, 0.1) is 0 Å². The number of aromatic nitrogens is 1. The van der Waals surface area contributed by atoms with Crippen LogP contribution >= 0.6 is 22.9 Å². The SMILES string of the molecule is COCCCN(Cc1nc(C(=O)OC)cs1)C(=O)C(Cl)c1ccccc1. The number of rotatable bonds is 9. The van der Waals surface area contributed by atoms with Crippen LogP contribution in [0.1, 0.15) is 32.9 Å². The van der Waals surface area contributed by atoms with Crippen LogP contribution in [-0.4, -0.2) is 49.1 Å². The van der Waals surface area contributed by atoms with E-state index < -0.39 is 11.3 Å². The van der Waals surface area contributed by atoms with Gasteiger partial charge in [-0.3, -0.25) is 4.79 Å². The fourth-order valence-corrected chi connectivity index (χ4v) is 3.40. The van der Waals surface area contributed by atoms with Crippen LogP contribution in [-0.2, 0) is 20.8 Å². The second kappa shape index (κ2) is 10.3. The highest BCUT2D eigenvalue weighted by molar-refractivity contribution is 7.09. The zero-order valence-electron chi connectivity index (χ0n) is 14.7. The zero-order valence-corrected chi connectivity index (χ0v) is 16.3. The van der Waals surface area contributed by atoms with Gasteiger partial charge in [0.05, 0.1) is 13.7 Å². The summed E-state index contributed by atoms with van der Waals surface area (Å²) in [5, 5.41) is 1.49. The first-order chi connectivity index (χ1) is 12.6. The largest absolute Gasteiger partial charge is 0.464 e. The second-order valence-electron chi connectivity index (χ2n) is 5.50. The van der Waals surface area contributed by atoms with Crippen LogP contribution in [0.5, 0.6) is 0 Å². The summed E-state index contributed by atoms with van der Waals surface area (Å²) in [6.07, 6.45) is 0.676. The minimum Gasteiger partial charge on any atom is -0.464 e. The molecule has 1 aromatic heterocycles. The summed E-state index contributed by atoms with van der Waals surface area (Å²) >= 11 is 7.70. The number of carbonyl (C=O) groups is 2. The minimum atomic E-state index is -0.779. The molecular formula is C18H21ClN2O4S. The number of nitrogens with zero attached hydrogens (tertiary/aromatic N) is 2. The van der Waals surface area contributed by atoms with E-state index in [-0.39, 0.29) is 18.1 Å². The molecular weight excluding hydrogens is 376 g/mol. The number of carbonyl (C=O) groups excluding carboxylic acids is 2. The summed E-state index contributed by atoms with van der Waals surface area (Å²) in [7, 11) is 2.92. The van der Waals surface area contributed by atoms with Crippen molar-refractivity contribution in [1.82, 2.24) is 9.88 Å². The van der Waals surface area contributed by atoms with Crippen LogP contribution < -0.4 is 0 Å². The molecule has 1 atom stereocenters. The summed E-state index contributed by atoms with van der Waals surface area (Å²) in [6, 6.07) is 9.20. The van der Waals surface area contributed by atoms with Gasteiger partial charge in [0.1, 0.15) is 10.4 Å². The highest BCUT2D eigenvalue weighted by Gasteiger charge is 2.25. The van der Waals surface area contributed by atoms with Crippen molar-refractivity contribution < 1.29 is 19.1 Å². The molecule has 0 fully saturated rings. The van der Waals surface area contributed by atoms with Crippen LogP contribution in [0.2, 0.25) is 0 Å². The third kappa shape index (κ3) is 5.52. The quantitative estimate of drug-likeness (QED) is 0.369. The Morgan fingerprint density at radius 1 is 1.27 bits per heavy atom. The van der Waals surface area contributed by atoms with Gasteiger partial charge in [0, 0.05) is 25.6 Å². The van der Waals surface area contributed by atoms with E-state index in [0.29, 0.717) is 24.6 Å². The van der Waals surface area contributed by atoms with Crippen molar-refractivity contribution in [2.24, 2.45) is 0 Å². The van der Waals surface area contributed by atoms with Crippen molar-refractivity contribution in [2.75, 3.05) is 27.4 Å². The molecule has 1 aromatic carbocycles. The number of thiazole rings is 1. The fourth-order valence-electron chi connectivity index (χ4n) is 2.34. The molecule has 0 radical (unpaired) electrons. The summed E-state index contributed by atoms with van der Waals surface area (Å²) in [5.74, 6) is -0.701. The number of benzene rings is 1. The molecule has 1 amide bonds. The van der Waals surface area contributed by atoms with Crippen LogP contribution in [0.15, 0.2) is 35.7 Å². The van der Waals surface area contributed by atoms with Gasteiger partial charge in [-0.05, 0) is 12.0 Å². The van der Waals surface area contributed by atoms with Crippen LogP contribution in [0.25, 0.3) is 0 Å². The van der Waals surface area contributed by atoms with Crippen molar-refractivity contribution in [1.29, 1.82) is 0 Å². The number of alkyl halides is 1. The Balaban J connectivity index is 2.13. The van der Waals surface area contributed by atoms with Crippen LogP contribution in [0.3, 0.4) is 0 Å². The summed E-state index contributed by atoms with van der Waals surface area (Å²) < 4.78 is 9.74. The summed E-state index contributed by atoms with van der Waals surface area (Å²) in [5.41, 5.74) is 0.979. The number of methoxy groups -OCH3 is 2. The lowest BCUT2D eigenvalue weighted by Crippen LogP contribution is -2.34. The third-order valence-electron chi connectivity index (χ3n) is 3.67. The molecule has 0 N–H and O–H groups in total. The second-order valence-corrected chi connectivity index (χ2v) is 6.88. The van der Waals surface area contributed by atoms with Crippen molar-refractivity contribution in [2.45, 2.75) is 18.3 Å². The Kier molecular flexibility index (Phi) is 8.03. The predicted octanol–water partition coefficient (Wildman–Crippen LogP) is 3.27. The highest BCUT2D eigenvalue weighted by atomic mass is 35.5. The summed E-state index contributed by atoms with van der Waals surface area (Å²) in [4.78, 5) is 30.3. The van der Waals surface area contributed by atoms with Gasteiger partial charge < -0.3 is 14.4 Å². The Morgan fingerprint density at radius 3 is 2.65 bits per heavy atom. The number of ether oxygens (including phenoxy) is 2. The van der Waals surface area contributed by atoms with E-state index in [2.05, 4.69) is 9.72 Å². The lowest BCUT2D eigenvalue weighted by molar-refractivity contribution is -0.131. The van der Waals surface area contributed by atoms with Crippen molar-refractivity contribution in [3.05, 3.63) is 52.0 Å². The van der Waals surface area contributed by atoms with E-state index in [0.717, 1.165) is 5.56 Å². The first kappa shape index (κ1) is 20.4. The average molecular weight is 397 g/mol. The van der Waals surface area contributed by atoms with E-state index in [1.54, 1.807) is 17.4 Å². The highest BCUT2D eigenvalue weighted by Crippen LogP contribution is 2.24. The lowest BCUT2D eigenvalue weighted by Gasteiger charge is -2.24. The Labute approximate surface area is 161 Å². The molecule has 8 heteroatoms. The van der Waals surface area contributed by atoms with Gasteiger partial charge in [-0.2, -0.15) is 0 Å². The topological polar surface area (TPSA) is 68.7 Å². The molecule has 0 bridgehead atoms. The van der Waals surface area contributed by atoms with E-state index in [1.165, 1.54) is 18.4 Å². The maximum Gasteiger partial charge on any atom is 0.357 e. The fraction of sp³-hybridized carbons (Fsp3) is 0.389. The van der Waals surface area contributed by atoms with Crippen molar-refractivity contribution in [3.8, 4) is 0 Å². The Hall–Kier alpha value is -1.96. The van der Waals surface area contributed by atoms with Gasteiger partial charge in [-0.1, -0.05) is 30.3 Å². The normalized spacial score (nSPS) is 11.8. The van der Waals surface area contributed by atoms with Crippen molar-refractivity contribution >= 4 is 34.8 Å². The minimum absolute atomic E-state index is 0.205. The molecule has 0 aliphatic rings. The third-order valence-corrected chi connectivity index (χ3v) is 4.94. The molecule has 2 rings (SSSR count). The lowest BCUT2D eigenvalue weighted by atomic mass is 10.1. The van der Waals surface area contributed by atoms with E-state index >= 15 is 0 Å². The first-order valence-corrected chi connectivity index (χ1v) is 9.38. The molecule has 0 aliphatic heterocycles. The van der Waals surface area contributed by atoms with Gasteiger partial charge in [0.15, 0.2) is 5.69 Å². The molecule has 26 heavy (non-hydrogen) atoms. The van der Waals surface area contributed by atoms with Gasteiger partial charge >= 0.3 is 5.97 Å². The monoisotopic (exact) mass is 396 g/mol. The van der Waals surface area contributed by atoms with E-state index in [1.807, 2.05) is 30.3 Å².